The number of aromatic nitrogens is 3. The van der Waals surface area contributed by atoms with Gasteiger partial charge in [0, 0.05) is 31.9 Å². The Morgan fingerprint density at radius 1 is 1.31 bits per heavy atom. The molecule has 3 heterocycles. The van der Waals surface area contributed by atoms with Gasteiger partial charge in [-0.3, -0.25) is 14.3 Å². The number of piperidine rings is 1. The molecule has 1 unspecified atom stereocenters. The molecule has 0 aromatic carbocycles. The molecule has 1 aliphatic heterocycles. The molecule has 7 nitrogen and oxygen atoms in total. The quantitative estimate of drug-likeness (QED) is 0.632. The van der Waals surface area contributed by atoms with Crippen molar-refractivity contribution in [3.05, 3.63) is 30.2 Å². The molecule has 26 heavy (non-hydrogen) atoms. The molecule has 1 fully saturated rings. The highest BCUT2D eigenvalue weighted by atomic mass is 15.3. The van der Waals surface area contributed by atoms with Crippen LogP contribution >= 0.6 is 0 Å². The van der Waals surface area contributed by atoms with Crippen molar-refractivity contribution in [1.29, 1.82) is 0 Å². The minimum atomic E-state index is 0.0911. The number of hydrogen-bond acceptors (Lipinski definition) is 4. The van der Waals surface area contributed by atoms with Crippen LogP contribution in [-0.4, -0.2) is 57.7 Å². The molecule has 0 radical (unpaired) electrons. The van der Waals surface area contributed by atoms with Crippen molar-refractivity contribution in [3.8, 4) is 0 Å². The smallest absolute Gasteiger partial charge is 0.191 e. The number of rotatable bonds is 5. The average molecular weight is 358 g/mol. The standard InChI is InChI=1S/C19H31N7/c1-15-8-7-10-25(13-15)19(2,3)14-22-18(20-4)21-12-17-24-23-16-9-5-6-11-26(16)17/h5-6,9,11,15H,7-8,10,12-14H2,1-4H3,(H2,20,21,22). The van der Waals surface area contributed by atoms with Gasteiger partial charge in [-0.2, -0.15) is 0 Å². The third-order valence-electron chi connectivity index (χ3n) is 5.22. The Hall–Kier alpha value is -2.15. The lowest BCUT2D eigenvalue weighted by Gasteiger charge is -2.43. The zero-order chi connectivity index (χ0) is 18.6. The lowest BCUT2D eigenvalue weighted by atomic mass is 9.93. The number of aliphatic imine (C=N–C) groups is 1. The Labute approximate surface area is 155 Å². The highest BCUT2D eigenvalue weighted by Gasteiger charge is 2.30. The molecule has 142 valence electrons. The van der Waals surface area contributed by atoms with Crippen molar-refractivity contribution in [1.82, 2.24) is 30.1 Å². The van der Waals surface area contributed by atoms with Crippen LogP contribution in [0.15, 0.2) is 29.4 Å². The van der Waals surface area contributed by atoms with Crippen LogP contribution in [0.5, 0.6) is 0 Å². The summed E-state index contributed by atoms with van der Waals surface area (Å²) in [7, 11) is 1.80. The van der Waals surface area contributed by atoms with E-state index in [4.69, 9.17) is 0 Å². The predicted molar refractivity (Wildman–Crippen MR) is 105 cm³/mol. The third kappa shape index (κ3) is 4.33. The number of nitrogens with zero attached hydrogens (tertiary/aromatic N) is 5. The lowest BCUT2D eigenvalue weighted by molar-refractivity contribution is 0.0739. The normalized spacial score (nSPS) is 19.7. The molecular formula is C19H31N7. The van der Waals surface area contributed by atoms with Crippen LogP contribution in [0.25, 0.3) is 5.65 Å². The van der Waals surface area contributed by atoms with Gasteiger partial charge in [0.1, 0.15) is 0 Å². The first-order chi connectivity index (χ1) is 12.5. The highest BCUT2D eigenvalue weighted by molar-refractivity contribution is 5.79. The summed E-state index contributed by atoms with van der Waals surface area (Å²) in [6, 6.07) is 5.89. The van der Waals surface area contributed by atoms with Crippen molar-refractivity contribution < 1.29 is 0 Å². The van der Waals surface area contributed by atoms with Gasteiger partial charge in [0.2, 0.25) is 0 Å². The number of fused-ring (bicyclic) bond motifs is 1. The Bertz CT molecular complexity index is 749. The molecule has 2 N–H and O–H groups in total. The number of guanidine groups is 1. The maximum atomic E-state index is 4.35. The van der Waals surface area contributed by atoms with E-state index in [-0.39, 0.29) is 5.54 Å². The summed E-state index contributed by atoms with van der Waals surface area (Å²) >= 11 is 0. The SMILES string of the molecule is CN=C(NCc1nnc2ccccn12)NCC(C)(C)N1CCCC(C)C1. The molecule has 0 amide bonds. The topological polar surface area (TPSA) is 69.8 Å². The fourth-order valence-electron chi connectivity index (χ4n) is 3.55. The summed E-state index contributed by atoms with van der Waals surface area (Å²) < 4.78 is 1.99. The number of nitrogens with one attached hydrogen (secondary N) is 2. The number of hydrogen-bond donors (Lipinski definition) is 2. The van der Waals surface area contributed by atoms with Gasteiger partial charge in [0.25, 0.3) is 0 Å². The lowest BCUT2D eigenvalue weighted by Crippen LogP contribution is -2.55. The van der Waals surface area contributed by atoms with Crippen LogP contribution in [0.1, 0.15) is 39.4 Å². The van der Waals surface area contributed by atoms with Gasteiger partial charge in [-0.05, 0) is 51.3 Å². The molecule has 0 aliphatic carbocycles. The van der Waals surface area contributed by atoms with Crippen LogP contribution in [0.3, 0.4) is 0 Å². The first-order valence-corrected chi connectivity index (χ1v) is 9.48. The first-order valence-electron chi connectivity index (χ1n) is 9.48. The van der Waals surface area contributed by atoms with Gasteiger partial charge in [-0.1, -0.05) is 13.0 Å². The minimum Gasteiger partial charge on any atom is -0.355 e. The molecule has 0 saturated carbocycles. The molecule has 2 aromatic heterocycles. The third-order valence-corrected chi connectivity index (χ3v) is 5.22. The fourth-order valence-corrected chi connectivity index (χ4v) is 3.55. The van der Waals surface area contributed by atoms with E-state index in [1.165, 1.54) is 25.9 Å². The Balaban J connectivity index is 1.54. The zero-order valence-corrected chi connectivity index (χ0v) is 16.4. The second-order valence-electron chi connectivity index (χ2n) is 7.83. The molecule has 1 saturated heterocycles. The summed E-state index contributed by atoms with van der Waals surface area (Å²) in [6.07, 6.45) is 4.61. The molecule has 0 bridgehead atoms. The van der Waals surface area contributed by atoms with Gasteiger partial charge in [0.15, 0.2) is 17.4 Å². The van der Waals surface area contributed by atoms with Crippen LogP contribution < -0.4 is 10.6 Å². The van der Waals surface area contributed by atoms with Crippen molar-refractivity contribution in [2.45, 2.75) is 45.7 Å². The summed E-state index contributed by atoms with van der Waals surface area (Å²) in [5.74, 6) is 2.44. The van der Waals surface area contributed by atoms with Gasteiger partial charge in [0.05, 0.1) is 6.54 Å². The molecule has 1 aliphatic rings. The van der Waals surface area contributed by atoms with Gasteiger partial charge in [-0.25, -0.2) is 0 Å². The van der Waals surface area contributed by atoms with E-state index in [0.29, 0.717) is 6.54 Å². The van der Waals surface area contributed by atoms with E-state index in [2.05, 4.69) is 51.5 Å². The predicted octanol–water partition coefficient (Wildman–Crippen LogP) is 1.90. The van der Waals surface area contributed by atoms with Gasteiger partial charge < -0.3 is 10.6 Å². The van der Waals surface area contributed by atoms with Crippen molar-refractivity contribution in [2.24, 2.45) is 10.9 Å². The van der Waals surface area contributed by atoms with Crippen LogP contribution in [0.4, 0.5) is 0 Å². The van der Waals surface area contributed by atoms with E-state index in [9.17, 15) is 0 Å². The average Bonchev–Trinajstić information content (AvgIpc) is 3.05. The Kier molecular flexibility index (Phi) is 5.76. The van der Waals surface area contributed by atoms with Gasteiger partial charge >= 0.3 is 0 Å². The molecule has 7 heteroatoms. The van der Waals surface area contributed by atoms with Crippen LogP contribution in [0, 0.1) is 5.92 Å². The largest absolute Gasteiger partial charge is 0.355 e. The minimum absolute atomic E-state index is 0.0911. The summed E-state index contributed by atoms with van der Waals surface area (Å²) in [5, 5.41) is 15.3. The number of likely N-dealkylation sites (tertiary alicyclic amines) is 1. The van der Waals surface area contributed by atoms with Crippen molar-refractivity contribution in [3.63, 3.8) is 0 Å². The molecular weight excluding hydrogens is 326 g/mol. The summed E-state index contributed by atoms with van der Waals surface area (Å²) in [6.45, 7) is 10.7. The summed E-state index contributed by atoms with van der Waals surface area (Å²) in [4.78, 5) is 6.94. The molecule has 2 aromatic rings. The highest BCUT2D eigenvalue weighted by Crippen LogP contribution is 2.23. The first kappa shape index (κ1) is 18.6. The Morgan fingerprint density at radius 2 is 2.15 bits per heavy atom. The molecule has 0 spiro atoms. The van der Waals surface area contributed by atoms with Crippen molar-refractivity contribution >= 4 is 11.6 Å². The fraction of sp³-hybridized carbons (Fsp3) is 0.632. The van der Waals surface area contributed by atoms with E-state index in [1.54, 1.807) is 7.05 Å². The second-order valence-corrected chi connectivity index (χ2v) is 7.83. The van der Waals surface area contributed by atoms with Crippen LogP contribution in [-0.2, 0) is 6.54 Å². The van der Waals surface area contributed by atoms with E-state index in [0.717, 1.165) is 29.9 Å². The molecule has 3 rings (SSSR count). The molecule has 1 atom stereocenters. The second kappa shape index (κ2) is 8.03. The van der Waals surface area contributed by atoms with Crippen molar-refractivity contribution in [2.75, 3.05) is 26.7 Å². The summed E-state index contributed by atoms with van der Waals surface area (Å²) in [5.41, 5.74) is 0.945. The van der Waals surface area contributed by atoms with Crippen LogP contribution in [0.2, 0.25) is 0 Å². The monoisotopic (exact) mass is 357 g/mol. The maximum Gasteiger partial charge on any atom is 0.191 e. The number of pyridine rings is 1. The van der Waals surface area contributed by atoms with E-state index < -0.39 is 0 Å². The maximum absolute atomic E-state index is 4.35. The van der Waals surface area contributed by atoms with E-state index in [1.807, 2.05) is 28.8 Å². The van der Waals surface area contributed by atoms with E-state index >= 15 is 0 Å². The zero-order valence-electron chi connectivity index (χ0n) is 16.4. The Morgan fingerprint density at radius 3 is 2.92 bits per heavy atom. The van der Waals surface area contributed by atoms with Gasteiger partial charge in [-0.15, -0.1) is 10.2 Å².